The second-order valence-electron chi connectivity index (χ2n) is 4.91. The molecule has 0 amide bonds. The zero-order valence-corrected chi connectivity index (χ0v) is 11.7. The zero-order valence-electron chi connectivity index (χ0n) is 11.7. The third-order valence-corrected chi connectivity index (χ3v) is 2.74. The van der Waals surface area contributed by atoms with Crippen molar-refractivity contribution in [2.24, 2.45) is 5.92 Å². The van der Waals surface area contributed by atoms with E-state index in [1.807, 2.05) is 20.8 Å². The molecule has 0 radical (unpaired) electrons. The van der Waals surface area contributed by atoms with Gasteiger partial charge >= 0.3 is 11.9 Å². The van der Waals surface area contributed by atoms with Gasteiger partial charge in [-0.1, -0.05) is 33.6 Å². The third kappa shape index (κ3) is 6.59. The van der Waals surface area contributed by atoms with Crippen molar-refractivity contribution in [1.82, 2.24) is 5.32 Å². The van der Waals surface area contributed by atoms with Crippen LogP contribution in [0.2, 0.25) is 0 Å². The van der Waals surface area contributed by atoms with Gasteiger partial charge in [-0.05, 0) is 18.8 Å². The second kappa shape index (κ2) is 8.91. The summed E-state index contributed by atoms with van der Waals surface area (Å²) >= 11 is 0. The van der Waals surface area contributed by atoms with Crippen LogP contribution < -0.4 is 5.32 Å². The van der Waals surface area contributed by atoms with E-state index < -0.39 is 24.0 Å². The minimum atomic E-state index is -0.916. The highest BCUT2D eigenvalue weighted by atomic mass is 16.5. The molecule has 2 unspecified atom stereocenters. The van der Waals surface area contributed by atoms with E-state index in [0.29, 0.717) is 18.8 Å². The molecule has 0 rings (SSSR count). The van der Waals surface area contributed by atoms with Crippen LogP contribution in [0.3, 0.4) is 0 Å². The summed E-state index contributed by atoms with van der Waals surface area (Å²) < 4.78 is 4.70. The quantitative estimate of drug-likeness (QED) is 0.618. The largest absolute Gasteiger partial charge is 0.480 e. The number of ether oxygens (including phenoxy) is 1. The maximum Gasteiger partial charge on any atom is 0.322 e. The van der Waals surface area contributed by atoms with Gasteiger partial charge in [-0.3, -0.25) is 14.9 Å². The number of carbonyl (C=O) groups is 2. The summed E-state index contributed by atoms with van der Waals surface area (Å²) in [5, 5.41) is 12.0. The van der Waals surface area contributed by atoms with Crippen LogP contribution in [0.4, 0.5) is 0 Å². The maximum absolute atomic E-state index is 11.6. The van der Waals surface area contributed by atoms with Crippen molar-refractivity contribution >= 4 is 11.9 Å². The average Bonchev–Trinajstić information content (AvgIpc) is 2.31. The number of aliphatic carboxylic acids is 1. The summed E-state index contributed by atoms with van der Waals surface area (Å²) in [4.78, 5) is 22.7. The molecule has 0 aliphatic rings. The number of nitrogens with one attached hydrogen (secondary N) is 1. The Hall–Kier alpha value is -1.10. The highest BCUT2D eigenvalue weighted by molar-refractivity contribution is 5.78. The fraction of sp³-hybridized carbons (Fsp3) is 0.846. The topological polar surface area (TPSA) is 75.6 Å². The fourth-order valence-electron chi connectivity index (χ4n) is 1.78. The molecule has 0 bridgehead atoms. The Kier molecular flexibility index (Phi) is 8.37. The first-order valence-corrected chi connectivity index (χ1v) is 6.49. The predicted molar refractivity (Wildman–Crippen MR) is 69.3 cm³/mol. The van der Waals surface area contributed by atoms with Crippen molar-refractivity contribution in [3.05, 3.63) is 0 Å². The third-order valence-electron chi connectivity index (χ3n) is 2.74. The number of hydrogen-bond donors (Lipinski definition) is 2. The van der Waals surface area contributed by atoms with Gasteiger partial charge in [-0.15, -0.1) is 0 Å². The molecule has 0 aliphatic heterocycles. The van der Waals surface area contributed by atoms with Crippen molar-refractivity contribution < 1.29 is 19.4 Å². The fourth-order valence-corrected chi connectivity index (χ4v) is 1.78. The van der Waals surface area contributed by atoms with E-state index in [0.717, 1.165) is 12.8 Å². The number of rotatable bonds is 9. The lowest BCUT2D eigenvalue weighted by Crippen LogP contribution is -2.48. The van der Waals surface area contributed by atoms with E-state index in [-0.39, 0.29) is 0 Å². The molecule has 106 valence electrons. The molecule has 0 aliphatic carbocycles. The van der Waals surface area contributed by atoms with E-state index in [9.17, 15) is 9.59 Å². The molecule has 2 atom stereocenters. The Morgan fingerprint density at radius 2 is 1.89 bits per heavy atom. The number of methoxy groups -OCH3 is 1. The summed E-state index contributed by atoms with van der Waals surface area (Å²) in [6.07, 6.45) is 2.85. The van der Waals surface area contributed by atoms with E-state index in [1.165, 1.54) is 7.11 Å². The Morgan fingerprint density at radius 3 is 2.28 bits per heavy atom. The van der Waals surface area contributed by atoms with Crippen molar-refractivity contribution in [2.45, 2.75) is 58.5 Å². The molecule has 18 heavy (non-hydrogen) atoms. The van der Waals surface area contributed by atoms with Crippen LogP contribution in [-0.4, -0.2) is 36.2 Å². The van der Waals surface area contributed by atoms with Gasteiger partial charge in [0.05, 0.1) is 7.11 Å². The van der Waals surface area contributed by atoms with Gasteiger partial charge in [0.15, 0.2) is 0 Å². The lowest BCUT2D eigenvalue weighted by Gasteiger charge is -2.22. The molecule has 5 nitrogen and oxygen atoms in total. The van der Waals surface area contributed by atoms with Crippen molar-refractivity contribution in [1.29, 1.82) is 0 Å². The van der Waals surface area contributed by atoms with Gasteiger partial charge < -0.3 is 9.84 Å². The summed E-state index contributed by atoms with van der Waals surface area (Å²) in [7, 11) is 1.32. The van der Waals surface area contributed by atoms with Gasteiger partial charge in [0.2, 0.25) is 0 Å². The number of unbranched alkanes of at least 4 members (excludes halogenated alkanes) is 1. The number of carboxylic acid groups (broad SMARTS) is 1. The second-order valence-corrected chi connectivity index (χ2v) is 4.91. The molecule has 2 N–H and O–H groups in total. The van der Waals surface area contributed by atoms with Gasteiger partial charge in [0, 0.05) is 0 Å². The molecule has 0 spiro atoms. The first-order valence-electron chi connectivity index (χ1n) is 6.49. The molecule has 0 aromatic carbocycles. The molecule has 0 saturated carbocycles. The molecule has 0 aromatic rings. The summed E-state index contributed by atoms with van der Waals surface area (Å²) in [6, 6.07) is -1.24. The van der Waals surface area contributed by atoms with E-state index in [4.69, 9.17) is 9.84 Å². The molecule has 0 heterocycles. The number of carboxylic acids is 1. The van der Waals surface area contributed by atoms with Crippen LogP contribution in [0.5, 0.6) is 0 Å². The zero-order chi connectivity index (χ0) is 14.1. The highest BCUT2D eigenvalue weighted by Gasteiger charge is 2.26. The first-order chi connectivity index (χ1) is 8.42. The molecule has 5 heteroatoms. The molecule has 0 saturated heterocycles. The van der Waals surface area contributed by atoms with Crippen molar-refractivity contribution in [2.75, 3.05) is 7.11 Å². The summed E-state index contributed by atoms with van der Waals surface area (Å²) in [5.41, 5.74) is 0. The van der Waals surface area contributed by atoms with Crippen LogP contribution >= 0.6 is 0 Å². The summed E-state index contributed by atoms with van der Waals surface area (Å²) in [6.45, 7) is 5.98. The van der Waals surface area contributed by atoms with Gasteiger partial charge in [0.25, 0.3) is 0 Å². The van der Waals surface area contributed by atoms with Crippen LogP contribution in [0.25, 0.3) is 0 Å². The normalized spacial score (nSPS) is 14.3. The Balaban J connectivity index is 4.58. The monoisotopic (exact) mass is 259 g/mol. The van der Waals surface area contributed by atoms with Crippen molar-refractivity contribution in [3.8, 4) is 0 Å². The first kappa shape index (κ1) is 16.9. The van der Waals surface area contributed by atoms with Gasteiger partial charge in [0.1, 0.15) is 12.1 Å². The smallest absolute Gasteiger partial charge is 0.322 e. The minimum Gasteiger partial charge on any atom is -0.480 e. The SMILES string of the molecule is CCCCC(NC(CC(C)C)C(=O)OC)C(=O)O. The molecular weight excluding hydrogens is 234 g/mol. The van der Waals surface area contributed by atoms with Crippen LogP contribution in [-0.2, 0) is 14.3 Å². The number of carbonyl (C=O) groups excluding carboxylic acids is 1. The average molecular weight is 259 g/mol. The van der Waals surface area contributed by atoms with E-state index in [1.54, 1.807) is 0 Å². The molecular formula is C13H25NO4. The lowest BCUT2D eigenvalue weighted by molar-refractivity contribution is -0.145. The molecule has 0 fully saturated rings. The van der Waals surface area contributed by atoms with Crippen molar-refractivity contribution in [3.63, 3.8) is 0 Å². The lowest BCUT2D eigenvalue weighted by atomic mass is 10.0. The standard InChI is InChI=1S/C13H25NO4/c1-5-6-7-10(12(15)16)14-11(8-9(2)3)13(17)18-4/h9-11,14H,5-8H2,1-4H3,(H,15,16). The Bertz CT molecular complexity index is 266. The Labute approximate surface area is 109 Å². The van der Waals surface area contributed by atoms with Gasteiger partial charge in [-0.2, -0.15) is 0 Å². The van der Waals surface area contributed by atoms with E-state index >= 15 is 0 Å². The van der Waals surface area contributed by atoms with Crippen LogP contribution in [0.15, 0.2) is 0 Å². The number of esters is 1. The van der Waals surface area contributed by atoms with Crippen LogP contribution in [0, 0.1) is 5.92 Å². The molecule has 0 aromatic heterocycles. The number of hydrogen-bond acceptors (Lipinski definition) is 4. The van der Waals surface area contributed by atoms with Crippen LogP contribution in [0.1, 0.15) is 46.5 Å². The Morgan fingerprint density at radius 1 is 1.28 bits per heavy atom. The highest BCUT2D eigenvalue weighted by Crippen LogP contribution is 2.09. The maximum atomic E-state index is 11.6. The van der Waals surface area contributed by atoms with E-state index in [2.05, 4.69) is 5.32 Å². The minimum absolute atomic E-state index is 0.294. The summed E-state index contributed by atoms with van der Waals surface area (Å²) in [5.74, 6) is -1.02. The van der Waals surface area contributed by atoms with Gasteiger partial charge in [-0.25, -0.2) is 0 Å². The predicted octanol–water partition coefficient (Wildman–Crippen LogP) is 1.81.